The first kappa shape index (κ1) is 23.7. The number of rotatable bonds is 8. The molecule has 1 atom stereocenters. The molecule has 2 N–H and O–H groups in total. The van der Waals surface area contributed by atoms with E-state index < -0.39 is 34.5 Å². The number of esters is 1. The summed E-state index contributed by atoms with van der Waals surface area (Å²) >= 11 is 12.0. The van der Waals surface area contributed by atoms with E-state index in [1.807, 2.05) is 0 Å². The SMILES string of the molecule is C#CCNS(=O)(=O)c1cccc(C(=O)OCC(=O)NC(C)c2ccc(Cl)cc2Cl)c1. The van der Waals surface area contributed by atoms with Gasteiger partial charge >= 0.3 is 5.97 Å². The molecule has 0 saturated heterocycles. The van der Waals surface area contributed by atoms with Crippen LogP contribution in [0.3, 0.4) is 0 Å². The summed E-state index contributed by atoms with van der Waals surface area (Å²) in [7, 11) is -3.86. The van der Waals surface area contributed by atoms with Crippen LogP contribution < -0.4 is 10.0 Å². The van der Waals surface area contributed by atoms with E-state index >= 15 is 0 Å². The Morgan fingerprint density at radius 2 is 1.93 bits per heavy atom. The summed E-state index contributed by atoms with van der Waals surface area (Å²) < 4.78 is 31.3. The van der Waals surface area contributed by atoms with Gasteiger partial charge in [0.05, 0.1) is 23.0 Å². The Bertz CT molecular complexity index is 1100. The molecule has 0 radical (unpaired) electrons. The highest BCUT2D eigenvalue weighted by molar-refractivity contribution is 7.89. The lowest BCUT2D eigenvalue weighted by atomic mass is 10.1. The molecule has 0 aliphatic heterocycles. The Morgan fingerprint density at radius 3 is 2.60 bits per heavy atom. The lowest BCUT2D eigenvalue weighted by Gasteiger charge is -2.16. The molecule has 7 nitrogen and oxygen atoms in total. The van der Waals surface area contributed by atoms with E-state index in [4.69, 9.17) is 34.4 Å². The third-order valence-corrected chi connectivity index (χ3v) is 5.85. The van der Waals surface area contributed by atoms with Crippen molar-refractivity contribution in [3.05, 3.63) is 63.6 Å². The second kappa shape index (κ2) is 10.5. The number of hydrogen-bond donors (Lipinski definition) is 2. The minimum atomic E-state index is -3.86. The number of benzene rings is 2. The molecule has 0 aliphatic carbocycles. The molecular weight excluding hydrogens is 451 g/mol. The summed E-state index contributed by atoms with van der Waals surface area (Å²) in [6.07, 6.45) is 5.04. The number of sulfonamides is 1. The standard InChI is InChI=1S/C20H18Cl2N2O5S/c1-3-9-23-30(27,28)16-6-4-5-14(10-16)20(26)29-12-19(25)24-13(2)17-8-7-15(21)11-18(17)22/h1,4-8,10-11,13,23H,9,12H2,2H3,(H,24,25). The van der Waals surface area contributed by atoms with E-state index in [0.29, 0.717) is 15.6 Å². The van der Waals surface area contributed by atoms with Crippen LogP contribution in [0.2, 0.25) is 10.0 Å². The van der Waals surface area contributed by atoms with Crippen LogP contribution in [0.15, 0.2) is 47.4 Å². The maximum atomic E-state index is 12.2. The van der Waals surface area contributed by atoms with Gasteiger partial charge < -0.3 is 10.1 Å². The molecule has 30 heavy (non-hydrogen) atoms. The lowest BCUT2D eigenvalue weighted by molar-refractivity contribution is -0.124. The van der Waals surface area contributed by atoms with Crippen molar-refractivity contribution in [1.82, 2.24) is 10.0 Å². The van der Waals surface area contributed by atoms with Crippen molar-refractivity contribution < 1.29 is 22.7 Å². The average molecular weight is 469 g/mol. The molecule has 0 spiro atoms. The molecule has 0 fully saturated rings. The van der Waals surface area contributed by atoms with E-state index in [9.17, 15) is 18.0 Å². The maximum Gasteiger partial charge on any atom is 0.338 e. The van der Waals surface area contributed by atoms with Gasteiger partial charge in [0.2, 0.25) is 10.0 Å². The first-order chi connectivity index (χ1) is 14.1. The summed E-state index contributed by atoms with van der Waals surface area (Å²) in [5.41, 5.74) is 0.623. The van der Waals surface area contributed by atoms with Crippen LogP contribution in [0, 0.1) is 12.3 Å². The van der Waals surface area contributed by atoms with Crippen LogP contribution >= 0.6 is 23.2 Å². The van der Waals surface area contributed by atoms with Gasteiger partial charge in [-0.3, -0.25) is 4.79 Å². The number of nitrogens with one attached hydrogen (secondary N) is 2. The highest BCUT2D eigenvalue weighted by Gasteiger charge is 2.18. The van der Waals surface area contributed by atoms with Gasteiger partial charge in [0.15, 0.2) is 6.61 Å². The molecule has 0 saturated carbocycles. The van der Waals surface area contributed by atoms with Gasteiger partial charge in [0, 0.05) is 10.0 Å². The summed E-state index contributed by atoms with van der Waals surface area (Å²) in [5, 5.41) is 3.51. The van der Waals surface area contributed by atoms with Crippen molar-refractivity contribution in [2.75, 3.05) is 13.2 Å². The number of carbonyl (C=O) groups is 2. The van der Waals surface area contributed by atoms with Crippen LogP contribution in [0.1, 0.15) is 28.9 Å². The van der Waals surface area contributed by atoms with Crippen LogP contribution in [0.25, 0.3) is 0 Å². The van der Waals surface area contributed by atoms with E-state index in [-0.39, 0.29) is 17.0 Å². The van der Waals surface area contributed by atoms with Gasteiger partial charge in [-0.15, -0.1) is 6.42 Å². The van der Waals surface area contributed by atoms with Gasteiger partial charge in [-0.05, 0) is 42.8 Å². The number of carbonyl (C=O) groups excluding carboxylic acids is 2. The van der Waals surface area contributed by atoms with Crippen molar-refractivity contribution in [1.29, 1.82) is 0 Å². The monoisotopic (exact) mass is 468 g/mol. The largest absolute Gasteiger partial charge is 0.452 e. The van der Waals surface area contributed by atoms with Gasteiger partial charge in [-0.2, -0.15) is 4.72 Å². The number of ether oxygens (including phenoxy) is 1. The van der Waals surface area contributed by atoms with Crippen LogP contribution in [-0.4, -0.2) is 33.4 Å². The van der Waals surface area contributed by atoms with Crippen LogP contribution in [-0.2, 0) is 19.6 Å². The second-order valence-electron chi connectivity index (χ2n) is 6.09. The first-order valence-electron chi connectivity index (χ1n) is 8.58. The summed E-state index contributed by atoms with van der Waals surface area (Å²) in [6.45, 7) is 0.972. The molecule has 2 aromatic rings. The Hall–Kier alpha value is -2.57. The predicted molar refractivity (Wildman–Crippen MR) is 114 cm³/mol. The van der Waals surface area contributed by atoms with E-state index in [2.05, 4.69) is 16.0 Å². The molecule has 2 aromatic carbocycles. The van der Waals surface area contributed by atoms with Gasteiger partial charge in [0.1, 0.15) is 0 Å². The quantitative estimate of drug-likeness (QED) is 0.457. The number of amides is 1. The molecule has 2 rings (SSSR count). The molecule has 158 valence electrons. The lowest BCUT2D eigenvalue weighted by Crippen LogP contribution is -2.31. The predicted octanol–water partition coefficient (Wildman–Crippen LogP) is 2.94. The number of hydrogen-bond acceptors (Lipinski definition) is 5. The minimum absolute atomic E-state index is 0.0276. The average Bonchev–Trinajstić information content (AvgIpc) is 2.70. The van der Waals surface area contributed by atoms with Gasteiger partial charge in [-0.25, -0.2) is 13.2 Å². The van der Waals surface area contributed by atoms with E-state index in [1.54, 1.807) is 25.1 Å². The molecule has 0 bridgehead atoms. The molecular formula is C20H18Cl2N2O5S. The number of halogens is 2. The molecule has 10 heteroatoms. The summed E-state index contributed by atoms with van der Waals surface area (Å²) in [6, 6.07) is 9.63. The summed E-state index contributed by atoms with van der Waals surface area (Å²) in [4.78, 5) is 24.2. The van der Waals surface area contributed by atoms with Gasteiger partial charge in [0.25, 0.3) is 5.91 Å². The van der Waals surface area contributed by atoms with Crippen LogP contribution in [0.5, 0.6) is 0 Å². The van der Waals surface area contributed by atoms with Crippen molar-refractivity contribution in [2.24, 2.45) is 0 Å². The zero-order valence-corrected chi connectivity index (χ0v) is 18.1. The van der Waals surface area contributed by atoms with Crippen molar-refractivity contribution in [3.8, 4) is 12.3 Å². The molecule has 0 aliphatic rings. The molecule has 1 unspecified atom stereocenters. The second-order valence-corrected chi connectivity index (χ2v) is 8.70. The Labute approximate surface area is 184 Å². The normalized spacial score (nSPS) is 11.9. The third kappa shape index (κ3) is 6.47. The van der Waals surface area contributed by atoms with Crippen molar-refractivity contribution >= 4 is 45.1 Å². The zero-order chi connectivity index (χ0) is 22.3. The first-order valence-corrected chi connectivity index (χ1v) is 10.8. The topological polar surface area (TPSA) is 102 Å². The number of terminal acetylenes is 1. The highest BCUT2D eigenvalue weighted by Crippen LogP contribution is 2.26. The summed E-state index contributed by atoms with van der Waals surface area (Å²) in [5.74, 6) is 0.751. The fourth-order valence-corrected chi connectivity index (χ4v) is 3.99. The Kier molecular flexibility index (Phi) is 8.26. The minimum Gasteiger partial charge on any atom is -0.452 e. The Morgan fingerprint density at radius 1 is 1.20 bits per heavy atom. The highest BCUT2D eigenvalue weighted by atomic mass is 35.5. The van der Waals surface area contributed by atoms with E-state index in [0.717, 1.165) is 6.07 Å². The fraction of sp³-hybridized carbons (Fsp3) is 0.200. The fourth-order valence-electron chi connectivity index (χ4n) is 2.44. The molecule has 1 amide bonds. The smallest absolute Gasteiger partial charge is 0.338 e. The molecule has 0 aromatic heterocycles. The zero-order valence-electron chi connectivity index (χ0n) is 15.8. The maximum absolute atomic E-state index is 12.2. The van der Waals surface area contributed by atoms with E-state index in [1.165, 1.54) is 18.2 Å². The molecule has 0 heterocycles. The van der Waals surface area contributed by atoms with Crippen molar-refractivity contribution in [2.45, 2.75) is 17.9 Å². The van der Waals surface area contributed by atoms with Crippen LogP contribution in [0.4, 0.5) is 0 Å². The Balaban J connectivity index is 1.98. The third-order valence-electron chi connectivity index (χ3n) is 3.89. The van der Waals surface area contributed by atoms with Gasteiger partial charge in [-0.1, -0.05) is 41.3 Å². The van der Waals surface area contributed by atoms with Crippen molar-refractivity contribution in [3.63, 3.8) is 0 Å².